The topological polar surface area (TPSA) is 19.0 Å². The van der Waals surface area contributed by atoms with Gasteiger partial charge in [-0.2, -0.15) is 0 Å². The van der Waals surface area contributed by atoms with Crippen molar-refractivity contribution < 1.29 is 21.1 Å². The maximum atomic E-state index is 8.26. The third-order valence-electron chi connectivity index (χ3n) is 16.2. The van der Waals surface area contributed by atoms with Gasteiger partial charge in [0.25, 0.3) is 0 Å². The van der Waals surface area contributed by atoms with E-state index in [9.17, 15) is 0 Å². The molecule has 4 nitrogen and oxygen atoms in total. The van der Waals surface area contributed by atoms with Gasteiger partial charge in [-0.05, 0) is 0 Å². The van der Waals surface area contributed by atoms with E-state index >= 15 is 0 Å². The second-order valence-corrected chi connectivity index (χ2v) is 28.5. The van der Waals surface area contributed by atoms with Gasteiger partial charge in [0.1, 0.15) is 0 Å². The molecule has 0 aromatic rings. The molecule has 0 aliphatic heterocycles. The molecular formula is C66H139N3OTi. The number of nitrogens with zero attached hydrogens (tertiary/aromatic N) is 3. The minimum atomic E-state index is -3.57. The van der Waals surface area contributed by atoms with Crippen molar-refractivity contribution in [3.63, 3.8) is 0 Å². The van der Waals surface area contributed by atoms with Gasteiger partial charge in [-0.25, -0.2) is 0 Å². The van der Waals surface area contributed by atoms with Crippen LogP contribution in [0.1, 0.15) is 382 Å². The molecule has 0 unspecified atom stereocenters. The summed E-state index contributed by atoms with van der Waals surface area (Å²) in [4.78, 5) is 0. The van der Waals surface area contributed by atoms with Crippen molar-refractivity contribution >= 4 is 0 Å². The van der Waals surface area contributed by atoms with Crippen LogP contribution < -0.4 is 0 Å². The van der Waals surface area contributed by atoms with Gasteiger partial charge in [0, 0.05) is 0 Å². The summed E-state index contributed by atoms with van der Waals surface area (Å²) >= 11 is -3.57. The molecule has 5 heteroatoms. The SMILES string of the molecule is CCCCCCCCCC[N](CCCCCCCCCC)[Ti]([O]CCCCCC)([N](CCCCCCCCCC)CCCCCCCCCC)[N](CCCCCCCCCC)CCCCCCCCCC. The first-order chi connectivity index (χ1) is 35.1. The van der Waals surface area contributed by atoms with Crippen molar-refractivity contribution in [1.29, 1.82) is 0 Å². The first-order valence-electron chi connectivity index (χ1n) is 34.0. The average Bonchev–Trinajstić information content (AvgIpc) is 3.38. The molecule has 0 fully saturated rings. The summed E-state index contributed by atoms with van der Waals surface area (Å²) < 4.78 is 18.0. The van der Waals surface area contributed by atoms with Crippen LogP contribution in [0.25, 0.3) is 0 Å². The Morgan fingerprint density at radius 1 is 0.183 bits per heavy atom. The van der Waals surface area contributed by atoms with Crippen LogP contribution in [-0.4, -0.2) is 56.0 Å². The van der Waals surface area contributed by atoms with Crippen LogP contribution in [0, 0.1) is 0 Å². The van der Waals surface area contributed by atoms with Crippen LogP contribution in [0.3, 0.4) is 0 Å². The van der Waals surface area contributed by atoms with Crippen LogP contribution in [-0.2, 0) is 21.1 Å². The number of rotatable bonds is 63. The Morgan fingerprint density at radius 3 is 0.493 bits per heavy atom. The zero-order valence-electron chi connectivity index (χ0n) is 51.0. The van der Waals surface area contributed by atoms with Gasteiger partial charge in [-0.15, -0.1) is 0 Å². The summed E-state index contributed by atoms with van der Waals surface area (Å²) in [6.07, 6.45) is 72.8. The van der Waals surface area contributed by atoms with Crippen LogP contribution in [0.2, 0.25) is 0 Å². The van der Waals surface area contributed by atoms with Gasteiger partial charge in [0.05, 0.1) is 0 Å². The van der Waals surface area contributed by atoms with Crippen LogP contribution in [0.15, 0.2) is 0 Å². The van der Waals surface area contributed by atoms with Gasteiger partial charge < -0.3 is 0 Å². The molecule has 0 heterocycles. The third kappa shape index (κ3) is 44.3. The van der Waals surface area contributed by atoms with Gasteiger partial charge in [-0.1, -0.05) is 0 Å². The molecule has 0 amide bonds. The van der Waals surface area contributed by atoms with E-state index in [4.69, 9.17) is 3.32 Å². The maximum absolute atomic E-state index is 8.26. The van der Waals surface area contributed by atoms with E-state index in [0.717, 1.165) is 6.61 Å². The monoisotopic (exact) mass is 1040 g/mol. The van der Waals surface area contributed by atoms with Crippen molar-refractivity contribution in [3.05, 3.63) is 0 Å². The second-order valence-electron chi connectivity index (χ2n) is 23.3. The molecule has 428 valence electrons. The molecule has 0 bridgehead atoms. The van der Waals surface area contributed by atoms with Gasteiger partial charge >= 0.3 is 459 Å². The number of hydrogen-bond acceptors (Lipinski definition) is 4. The molecule has 0 aromatic heterocycles. The van der Waals surface area contributed by atoms with Crippen molar-refractivity contribution in [2.24, 2.45) is 0 Å². The zero-order chi connectivity index (χ0) is 51.7. The van der Waals surface area contributed by atoms with Crippen LogP contribution >= 0.6 is 0 Å². The van der Waals surface area contributed by atoms with E-state index in [1.165, 1.54) is 373 Å². The molecule has 0 rings (SSSR count). The van der Waals surface area contributed by atoms with E-state index in [2.05, 4.69) is 58.6 Å². The summed E-state index contributed by atoms with van der Waals surface area (Å²) in [5.74, 6) is 0. The fourth-order valence-electron chi connectivity index (χ4n) is 11.4. The molecule has 71 heavy (non-hydrogen) atoms. The Kier molecular flexibility index (Phi) is 60.3. The van der Waals surface area contributed by atoms with Crippen LogP contribution in [0.4, 0.5) is 0 Å². The van der Waals surface area contributed by atoms with Gasteiger partial charge in [-0.3, -0.25) is 0 Å². The summed E-state index contributed by atoms with van der Waals surface area (Å²) in [5, 5.41) is 0. The Balaban J connectivity index is 7.36. The first kappa shape index (κ1) is 71.6. The summed E-state index contributed by atoms with van der Waals surface area (Å²) in [7, 11) is 0. The normalized spacial score (nSPS) is 12.3. The molecular weight excluding hydrogens is 899 g/mol. The molecule has 0 atom stereocenters. The summed E-state index contributed by atoms with van der Waals surface area (Å²) in [6, 6.07) is 0. The second kappa shape index (κ2) is 59.8. The van der Waals surface area contributed by atoms with Crippen molar-refractivity contribution in [1.82, 2.24) is 10.1 Å². The van der Waals surface area contributed by atoms with E-state index in [0.29, 0.717) is 0 Å². The van der Waals surface area contributed by atoms with Gasteiger partial charge in [0.15, 0.2) is 0 Å². The standard InChI is InChI=1S/3C20H42N.C6H13O.Ti/c3*1-3-5-7-9-11-13-15-17-19-21-20-18-16-14-12-10-8-6-4-2;1-2-3-4-5-6-7;/h3*3-20H2,1-2H3;2-6H2,1H3;/q4*-1;+4. The van der Waals surface area contributed by atoms with Crippen molar-refractivity contribution in [2.45, 2.75) is 382 Å². The number of hydrogen-bond donors (Lipinski definition) is 0. The van der Waals surface area contributed by atoms with E-state index < -0.39 is 17.7 Å². The predicted octanol–water partition coefficient (Wildman–Crippen LogP) is 23.1. The Bertz CT molecular complexity index is 798. The molecule has 0 aliphatic rings. The summed E-state index contributed by atoms with van der Waals surface area (Å²) in [5.41, 5.74) is 0. The van der Waals surface area contributed by atoms with E-state index in [-0.39, 0.29) is 0 Å². The molecule has 0 aliphatic carbocycles. The number of unbranched alkanes of at least 4 members (excludes halogenated alkanes) is 45. The molecule has 0 saturated carbocycles. The fraction of sp³-hybridized carbons (Fsp3) is 1.00. The Morgan fingerprint density at radius 2 is 0.324 bits per heavy atom. The molecule has 0 N–H and O–H groups in total. The van der Waals surface area contributed by atoms with Crippen LogP contribution in [0.5, 0.6) is 0 Å². The van der Waals surface area contributed by atoms with E-state index in [1.807, 2.05) is 0 Å². The Labute approximate surface area is 456 Å². The van der Waals surface area contributed by atoms with Crippen molar-refractivity contribution in [2.75, 3.05) is 45.9 Å². The quantitative estimate of drug-likeness (QED) is 0.0446. The van der Waals surface area contributed by atoms with E-state index in [1.54, 1.807) is 0 Å². The molecule has 0 spiro atoms. The van der Waals surface area contributed by atoms with Crippen molar-refractivity contribution in [3.8, 4) is 0 Å². The molecule has 0 radical (unpaired) electrons. The summed E-state index contributed by atoms with van der Waals surface area (Å²) in [6.45, 7) is 25.2. The Hall–Kier alpha value is 0.554. The molecule has 0 saturated heterocycles. The zero-order valence-corrected chi connectivity index (χ0v) is 52.5. The third-order valence-corrected chi connectivity index (χ3v) is 23.1. The average molecular weight is 1040 g/mol. The minimum absolute atomic E-state index is 0.988. The first-order valence-corrected chi connectivity index (χ1v) is 36.7. The van der Waals surface area contributed by atoms with Gasteiger partial charge in [0.2, 0.25) is 0 Å². The molecule has 0 aromatic carbocycles. The predicted molar refractivity (Wildman–Crippen MR) is 320 cm³/mol. The fourth-order valence-corrected chi connectivity index (χ4v) is 19.0.